The van der Waals surface area contributed by atoms with Crippen LogP contribution in [0.25, 0.3) is 21.8 Å². The summed E-state index contributed by atoms with van der Waals surface area (Å²) >= 11 is 0. The van der Waals surface area contributed by atoms with Gasteiger partial charge in [0.2, 0.25) is 0 Å². The molecule has 3 nitrogen and oxygen atoms in total. The summed E-state index contributed by atoms with van der Waals surface area (Å²) < 4.78 is 2.42. The molecule has 4 rings (SSSR count). The molecule has 1 saturated heterocycles. The van der Waals surface area contributed by atoms with Crippen LogP contribution in [0.5, 0.6) is 0 Å². The molecule has 2 heterocycles. The molecule has 0 bridgehead atoms. The minimum atomic E-state index is 0. The normalized spacial score (nSPS) is 15.9. The van der Waals surface area contributed by atoms with Gasteiger partial charge in [-0.25, -0.2) is 0 Å². The topological polar surface area (TPSA) is 20.2 Å². The van der Waals surface area contributed by atoms with E-state index in [4.69, 9.17) is 0 Å². The molecule has 0 aliphatic carbocycles. The van der Waals surface area contributed by atoms with Gasteiger partial charge in [0.25, 0.3) is 0 Å². The van der Waals surface area contributed by atoms with E-state index in [9.17, 15) is 0 Å². The SMILES string of the molecule is C=CC[C@H](c1ccc2c(c1)c1ccccc1n2CC)N1CCNCC1.Cl.Cl. The Morgan fingerprint density at radius 2 is 1.74 bits per heavy atom. The summed E-state index contributed by atoms with van der Waals surface area (Å²) in [6, 6.07) is 16.2. The number of nitrogens with one attached hydrogen (secondary N) is 1. The largest absolute Gasteiger partial charge is 0.341 e. The van der Waals surface area contributed by atoms with E-state index >= 15 is 0 Å². The van der Waals surface area contributed by atoms with Crippen LogP contribution in [0, 0.1) is 0 Å². The number of piperazine rings is 1. The summed E-state index contributed by atoms with van der Waals surface area (Å²) in [6.07, 6.45) is 3.06. The van der Waals surface area contributed by atoms with Crippen LogP contribution in [0.3, 0.4) is 0 Å². The Labute approximate surface area is 174 Å². The lowest BCUT2D eigenvalue weighted by Gasteiger charge is -2.35. The zero-order valence-electron chi connectivity index (χ0n) is 15.9. The molecule has 1 atom stereocenters. The zero-order valence-corrected chi connectivity index (χ0v) is 17.5. The maximum atomic E-state index is 4.00. The first-order chi connectivity index (χ1) is 12.3. The number of halogens is 2. The van der Waals surface area contributed by atoms with Gasteiger partial charge in [0.05, 0.1) is 0 Å². The molecule has 27 heavy (non-hydrogen) atoms. The number of benzene rings is 2. The standard InChI is InChI=1S/C22H27N3.2ClH/c1-3-7-20(24-14-12-23-13-15-24)17-10-11-22-19(16-17)18-8-5-6-9-21(18)25(22)4-2;;/h3,5-6,8-11,16,20,23H,1,4,7,12-15H2,2H3;2*1H/t20-;;/m1../s1. The van der Waals surface area contributed by atoms with E-state index in [1.54, 1.807) is 0 Å². The fraction of sp³-hybridized carbons (Fsp3) is 0.364. The Balaban J connectivity index is 0.00000131. The number of nitrogens with zero attached hydrogens (tertiary/aromatic N) is 2. The fourth-order valence-electron chi connectivity index (χ4n) is 4.27. The van der Waals surface area contributed by atoms with Crippen molar-refractivity contribution in [2.24, 2.45) is 0 Å². The van der Waals surface area contributed by atoms with Crippen LogP contribution in [0.15, 0.2) is 55.1 Å². The van der Waals surface area contributed by atoms with E-state index < -0.39 is 0 Å². The quantitative estimate of drug-likeness (QED) is 0.589. The summed E-state index contributed by atoms with van der Waals surface area (Å²) in [5.74, 6) is 0. The third-order valence-electron chi connectivity index (χ3n) is 5.48. The third kappa shape index (κ3) is 4.02. The number of aromatic nitrogens is 1. The summed E-state index contributed by atoms with van der Waals surface area (Å²) in [6.45, 7) is 11.6. The number of rotatable bonds is 5. The molecule has 1 aliphatic rings. The van der Waals surface area contributed by atoms with Gasteiger partial charge in [-0.2, -0.15) is 0 Å². The molecule has 1 N–H and O–H groups in total. The van der Waals surface area contributed by atoms with Crippen molar-refractivity contribution < 1.29 is 0 Å². The molecule has 2 aromatic carbocycles. The van der Waals surface area contributed by atoms with Crippen LogP contribution in [0.2, 0.25) is 0 Å². The fourth-order valence-corrected chi connectivity index (χ4v) is 4.27. The Hall–Kier alpha value is -1.52. The van der Waals surface area contributed by atoms with Gasteiger partial charge in [-0.1, -0.05) is 30.3 Å². The number of fused-ring (bicyclic) bond motifs is 3. The lowest BCUT2D eigenvalue weighted by atomic mass is 9.99. The van der Waals surface area contributed by atoms with Crippen molar-refractivity contribution in [3.05, 3.63) is 60.7 Å². The first-order valence-corrected chi connectivity index (χ1v) is 9.40. The molecule has 0 unspecified atom stereocenters. The van der Waals surface area contributed by atoms with E-state index in [0.717, 1.165) is 39.1 Å². The van der Waals surface area contributed by atoms with Crippen molar-refractivity contribution >= 4 is 46.6 Å². The number of hydrogen-bond donors (Lipinski definition) is 1. The van der Waals surface area contributed by atoms with Gasteiger partial charge in [-0.3, -0.25) is 4.90 Å². The highest BCUT2D eigenvalue weighted by Crippen LogP contribution is 2.33. The van der Waals surface area contributed by atoms with Gasteiger partial charge in [-0.05, 0) is 37.1 Å². The molecule has 1 fully saturated rings. The Bertz CT molecular complexity index is 897. The van der Waals surface area contributed by atoms with Crippen molar-refractivity contribution in [3.63, 3.8) is 0 Å². The maximum absolute atomic E-state index is 4.00. The molecule has 0 spiro atoms. The highest BCUT2D eigenvalue weighted by Gasteiger charge is 2.22. The van der Waals surface area contributed by atoms with Crippen molar-refractivity contribution in [3.8, 4) is 0 Å². The van der Waals surface area contributed by atoms with E-state index in [1.807, 2.05) is 0 Å². The third-order valence-corrected chi connectivity index (χ3v) is 5.48. The Morgan fingerprint density at radius 1 is 1.04 bits per heavy atom. The van der Waals surface area contributed by atoms with Gasteiger partial charge >= 0.3 is 0 Å². The smallest absolute Gasteiger partial charge is 0.0491 e. The van der Waals surface area contributed by atoms with Crippen LogP contribution >= 0.6 is 24.8 Å². The molecule has 1 aliphatic heterocycles. The van der Waals surface area contributed by atoms with Gasteiger partial charge in [-0.15, -0.1) is 31.4 Å². The second-order valence-electron chi connectivity index (χ2n) is 6.86. The molecular weight excluding hydrogens is 377 g/mol. The highest BCUT2D eigenvalue weighted by atomic mass is 35.5. The molecule has 0 saturated carbocycles. The summed E-state index contributed by atoms with van der Waals surface area (Å²) in [7, 11) is 0. The second-order valence-corrected chi connectivity index (χ2v) is 6.86. The molecule has 3 aromatic rings. The molecular formula is C22H29Cl2N3. The summed E-state index contributed by atoms with van der Waals surface area (Å²) in [5.41, 5.74) is 4.08. The van der Waals surface area contributed by atoms with Crippen molar-refractivity contribution in [1.82, 2.24) is 14.8 Å². The van der Waals surface area contributed by atoms with Gasteiger partial charge in [0, 0.05) is 60.6 Å². The van der Waals surface area contributed by atoms with Crippen LogP contribution < -0.4 is 5.32 Å². The highest BCUT2D eigenvalue weighted by molar-refractivity contribution is 6.08. The predicted molar refractivity (Wildman–Crippen MR) is 122 cm³/mol. The first kappa shape index (κ1) is 21.8. The summed E-state index contributed by atoms with van der Waals surface area (Å²) in [4.78, 5) is 2.60. The monoisotopic (exact) mass is 405 g/mol. The number of para-hydroxylation sites is 1. The van der Waals surface area contributed by atoms with Crippen molar-refractivity contribution in [2.75, 3.05) is 26.2 Å². The van der Waals surface area contributed by atoms with E-state index in [-0.39, 0.29) is 24.8 Å². The molecule has 0 radical (unpaired) electrons. The second kappa shape index (κ2) is 9.61. The Morgan fingerprint density at radius 3 is 2.44 bits per heavy atom. The summed E-state index contributed by atoms with van der Waals surface area (Å²) in [5, 5.41) is 6.19. The average molecular weight is 406 g/mol. The van der Waals surface area contributed by atoms with Gasteiger partial charge in [0.15, 0.2) is 0 Å². The van der Waals surface area contributed by atoms with Crippen molar-refractivity contribution in [2.45, 2.75) is 25.9 Å². The average Bonchev–Trinajstić information content (AvgIpc) is 3.00. The number of hydrogen-bond acceptors (Lipinski definition) is 2. The lowest BCUT2D eigenvalue weighted by Crippen LogP contribution is -2.45. The molecule has 1 aromatic heterocycles. The lowest BCUT2D eigenvalue weighted by molar-refractivity contribution is 0.174. The Kier molecular flexibility index (Phi) is 7.75. The first-order valence-electron chi connectivity index (χ1n) is 9.40. The van der Waals surface area contributed by atoms with Crippen LogP contribution in [-0.4, -0.2) is 35.6 Å². The van der Waals surface area contributed by atoms with Crippen LogP contribution in [-0.2, 0) is 6.54 Å². The minimum Gasteiger partial charge on any atom is -0.341 e. The minimum absolute atomic E-state index is 0. The molecule has 146 valence electrons. The number of aryl methyl sites for hydroxylation is 1. The molecule has 5 heteroatoms. The van der Waals surface area contributed by atoms with E-state index in [0.29, 0.717) is 6.04 Å². The maximum Gasteiger partial charge on any atom is 0.0491 e. The van der Waals surface area contributed by atoms with E-state index in [1.165, 1.54) is 27.4 Å². The van der Waals surface area contributed by atoms with Gasteiger partial charge in [0.1, 0.15) is 0 Å². The van der Waals surface area contributed by atoms with Gasteiger partial charge < -0.3 is 9.88 Å². The van der Waals surface area contributed by atoms with E-state index in [2.05, 4.69) is 76.8 Å². The zero-order chi connectivity index (χ0) is 17.2. The predicted octanol–water partition coefficient (Wildman–Crippen LogP) is 5.18. The van der Waals surface area contributed by atoms with Crippen LogP contribution in [0.1, 0.15) is 24.9 Å². The molecule has 0 amide bonds. The van der Waals surface area contributed by atoms with Crippen molar-refractivity contribution in [1.29, 1.82) is 0 Å². The van der Waals surface area contributed by atoms with Crippen LogP contribution in [0.4, 0.5) is 0 Å².